The van der Waals surface area contributed by atoms with Crippen LogP contribution < -0.4 is 10.5 Å². The molecule has 20 heavy (non-hydrogen) atoms. The van der Waals surface area contributed by atoms with Gasteiger partial charge in [-0.3, -0.25) is 4.79 Å². The lowest BCUT2D eigenvalue weighted by atomic mass is 10.1. The molecule has 0 saturated carbocycles. The number of aliphatic hydroxyl groups excluding tert-OH is 1. The molecule has 1 aromatic carbocycles. The van der Waals surface area contributed by atoms with Gasteiger partial charge in [-0.25, -0.2) is 17.9 Å². The molecule has 5 N–H and O–H groups in total. The number of aliphatic hydroxyl groups is 1. The number of carboxylic acids is 1. The third-order valence-corrected chi connectivity index (χ3v) is 4.17. The maximum atomic E-state index is 12.0. The number of amides is 1. The van der Waals surface area contributed by atoms with Gasteiger partial charge in [0.1, 0.15) is 6.10 Å². The molecule has 8 nitrogen and oxygen atoms in total. The van der Waals surface area contributed by atoms with Gasteiger partial charge in [0.15, 0.2) is 0 Å². The SMILES string of the molecule is Cc1c(C(=O)O)cccc1S(=O)(=O)NCC(O)C(N)=O. The average Bonchev–Trinajstić information content (AvgIpc) is 2.35. The van der Waals surface area contributed by atoms with Crippen LogP contribution >= 0.6 is 0 Å². The summed E-state index contributed by atoms with van der Waals surface area (Å²) in [6.07, 6.45) is -1.66. The fourth-order valence-electron chi connectivity index (χ4n) is 1.50. The number of aromatic carboxylic acids is 1. The van der Waals surface area contributed by atoms with Crippen LogP contribution in [0.1, 0.15) is 15.9 Å². The zero-order valence-corrected chi connectivity index (χ0v) is 11.3. The summed E-state index contributed by atoms with van der Waals surface area (Å²) >= 11 is 0. The Kier molecular flexibility index (Phi) is 4.82. The van der Waals surface area contributed by atoms with Gasteiger partial charge in [-0.1, -0.05) is 6.07 Å². The summed E-state index contributed by atoms with van der Waals surface area (Å²) < 4.78 is 26.0. The number of hydrogen-bond donors (Lipinski definition) is 4. The normalized spacial score (nSPS) is 12.9. The van der Waals surface area contributed by atoms with Crippen LogP contribution in [0.25, 0.3) is 0 Å². The average molecular weight is 302 g/mol. The monoisotopic (exact) mass is 302 g/mol. The Morgan fingerprint density at radius 2 is 2.00 bits per heavy atom. The second kappa shape index (κ2) is 5.99. The van der Waals surface area contributed by atoms with Crippen molar-refractivity contribution < 1.29 is 28.2 Å². The van der Waals surface area contributed by atoms with E-state index in [0.717, 1.165) is 0 Å². The smallest absolute Gasteiger partial charge is 0.335 e. The highest BCUT2D eigenvalue weighted by atomic mass is 32.2. The van der Waals surface area contributed by atoms with Crippen LogP contribution in [0.4, 0.5) is 0 Å². The van der Waals surface area contributed by atoms with E-state index in [4.69, 9.17) is 15.9 Å². The van der Waals surface area contributed by atoms with Gasteiger partial charge >= 0.3 is 5.97 Å². The van der Waals surface area contributed by atoms with Crippen molar-refractivity contribution in [1.82, 2.24) is 4.72 Å². The summed E-state index contributed by atoms with van der Waals surface area (Å²) in [5, 5.41) is 18.1. The minimum absolute atomic E-state index is 0.0565. The maximum Gasteiger partial charge on any atom is 0.335 e. The Morgan fingerprint density at radius 3 is 2.50 bits per heavy atom. The molecule has 0 spiro atoms. The molecular weight excluding hydrogens is 288 g/mol. The van der Waals surface area contributed by atoms with Gasteiger partial charge in [-0.15, -0.1) is 0 Å². The fourth-order valence-corrected chi connectivity index (χ4v) is 2.81. The van der Waals surface area contributed by atoms with E-state index in [2.05, 4.69) is 0 Å². The van der Waals surface area contributed by atoms with Gasteiger partial charge in [0, 0.05) is 6.54 Å². The van der Waals surface area contributed by atoms with Crippen molar-refractivity contribution in [1.29, 1.82) is 0 Å². The molecular formula is C11H14N2O6S. The highest BCUT2D eigenvalue weighted by Crippen LogP contribution is 2.18. The number of carboxylic acid groups (broad SMARTS) is 1. The number of benzene rings is 1. The molecule has 1 aromatic rings. The zero-order valence-electron chi connectivity index (χ0n) is 10.5. The van der Waals surface area contributed by atoms with Crippen molar-refractivity contribution >= 4 is 21.9 Å². The van der Waals surface area contributed by atoms with Gasteiger partial charge in [-0.05, 0) is 24.6 Å². The van der Waals surface area contributed by atoms with Crippen LogP contribution in [0.15, 0.2) is 23.1 Å². The van der Waals surface area contributed by atoms with Crippen LogP contribution in [0.5, 0.6) is 0 Å². The number of nitrogens with two attached hydrogens (primary N) is 1. The van der Waals surface area contributed by atoms with E-state index in [0.29, 0.717) is 0 Å². The molecule has 0 saturated heterocycles. The highest BCUT2D eigenvalue weighted by molar-refractivity contribution is 7.89. The molecule has 0 fully saturated rings. The molecule has 9 heteroatoms. The van der Waals surface area contributed by atoms with E-state index in [1.165, 1.54) is 25.1 Å². The fraction of sp³-hybridized carbons (Fsp3) is 0.273. The lowest BCUT2D eigenvalue weighted by Crippen LogP contribution is -2.40. The Bertz CT molecular complexity index is 640. The summed E-state index contributed by atoms with van der Waals surface area (Å²) in [6.45, 7) is 0.761. The van der Waals surface area contributed by atoms with E-state index in [1.54, 1.807) is 0 Å². The third kappa shape index (κ3) is 3.53. The number of sulfonamides is 1. The van der Waals surface area contributed by atoms with E-state index in [9.17, 15) is 18.0 Å². The molecule has 1 amide bonds. The number of primary amides is 1. The van der Waals surface area contributed by atoms with Crippen molar-refractivity contribution in [2.75, 3.05) is 6.54 Å². The van der Waals surface area contributed by atoms with Crippen molar-refractivity contribution in [3.05, 3.63) is 29.3 Å². The largest absolute Gasteiger partial charge is 0.478 e. The lowest BCUT2D eigenvalue weighted by molar-refractivity contribution is -0.125. The first-order valence-corrected chi connectivity index (χ1v) is 6.95. The van der Waals surface area contributed by atoms with Crippen LogP contribution in [0.2, 0.25) is 0 Å². The molecule has 1 unspecified atom stereocenters. The number of hydrogen-bond acceptors (Lipinski definition) is 5. The number of rotatable bonds is 6. The molecule has 0 bridgehead atoms. The minimum Gasteiger partial charge on any atom is -0.478 e. The summed E-state index contributed by atoms with van der Waals surface area (Å²) in [4.78, 5) is 21.3. The second-order valence-corrected chi connectivity index (χ2v) is 5.74. The molecule has 0 aliphatic carbocycles. The van der Waals surface area contributed by atoms with Crippen molar-refractivity contribution in [3.63, 3.8) is 0 Å². The van der Waals surface area contributed by atoms with Crippen LogP contribution in [0.3, 0.4) is 0 Å². The third-order valence-electron chi connectivity index (χ3n) is 2.60. The Labute approximate surface area is 115 Å². The molecule has 0 aromatic heterocycles. The van der Waals surface area contributed by atoms with Gasteiger partial charge in [0.25, 0.3) is 0 Å². The van der Waals surface area contributed by atoms with Gasteiger partial charge in [0.05, 0.1) is 10.5 Å². The number of carbonyl (C=O) groups excluding carboxylic acids is 1. The molecule has 0 heterocycles. The van der Waals surface area contributed by atoms with E-state index < -0.39 is 34.5 Å². The van der Waals surface area contributed by atoms with Crippen LogP contribution in [-0.2, 0) is 14.8 Å². The van der Waals surface area contributed by atoms with E-state index in [1.807, 2.05) is 4.72 Å². The number of nitrogens with one attached hydrogen (secondary N) is 1. The summed E-state index contributed by atoms with van der Waals surface area (Å²) in [5.74, 6) is -2.32. The van der Waals surface area contributed by atoms with Gasteiger partial charge < -0.3 is 15.9 Å². The second-order valence-electron chi connectivity index (χ2n) is 4.00. The maximum absolute atomic E-state index is 12.0. The molecule has 0 radical (unpaired) electrons. The molecule has 110 valence electrons. The molecule has 1 atom stereocenters. The van der Waals surface area contributed by atoms with Crippen molar-refractivity contribution in [2.45, 2.75) is 17.9 Å². The first kappa shape index (κ1) is 16.1. The van der Waals surface area contributed by atoms with Gasteiger partial charge in [-0.2, -0.15) is 0 Å². The Morgan fingerprint density at radius 1 is 1.40 bits per heavy atom. The standard InChI is InChI=1S/C11H14N2O6S/c1-6-7(11(16)17)3-2-4-9(6)20(18,19)13-5-8(14)10(12)15/h2-4,8,13-14H,5H2,1H3,(H2,12,15)(H,16,17). The topological polar surface area (TPSA) is 147 Å². The molecule has 0 aliphatic rings. The highest BCUT2D eigenvalue weighted by Gasteiger charge is 2.22. The first-order valence-electron chi connectivity index (χ1n) is 5.46. The summed E-state index contributed by atoms with van der Waals surface area (Å²) in [7, 11) is -4.06. The predicted octanol–water partition coefficient (Wildman–Crippen LogP) is -1.18. The van der Waals surface area contributed by atoms with Crippen LogP contribution in [-0.4, -0.2) is 43.2 Å². The number of carbonyl (C=O) groups is 2. The van der Waals surface area contributed by atoms with E-state index >= 15 is 0 Å². The summed E-state index contributed by atoms with van der Waals surface area (Å²) in [5.41, 5.74) is 4.70. The Balaban J connectivity index is 3.08. The van der Waals surface area contributed by atoms with Crippen LogP contribution in [0, 0.1) is 6.92 Å². The lowest BCUT2D eigenvalue weighted by Gasteiger charge is -2.12. The first-order chi connectivity index (χ1) is 9.16. The predicted molar refractivity (Wildman–Crippen MR) is 68.5 cm³/mol. The quantitative estimate of drug-likeness (QED) is 0.520. The zero-order chi connectivity index (χ0) is 15.5. The molecule has 0 aliphatic heterocycles. The van der Waals surface area contributed by atoms with Crippen molar-refractivity contribution in [2.24, 2.45) is 5.73 Å². The summed E-state index contributed by atoms with van der Waals surface area (Å²) in [6, 6.07) is 3.78. The van der Waals surface area contributed by atoms with Gasteiger partial charge in [0.2, 0.25) is 15.9 Å². The van der Waals surface area contributed by atoms with E-state index in [-0.39, 0.29) is 16.0 Å². The Hall–Kier alpha value is -1.97. The molecule has 1 rings (SSSR count). The minimum atomic E-state index is -4.06. The van der Waals surface area contributed by atoms with Crippen molar-refractivity contribution in [3.8, 4) is 0 Å².